The van der Waals surface area contributed by atoms with Gasteiger partial charge in [-0.3, -0.25) is 4.79 Å². The van der Waals surface area contributed by atoms with Crippen molar-refractivity contribution in [3.05, 3.63) is 64.7 Å². The van der Waals surface area contributed by atoms with Crippen LogP contribution < -0.4 is 5.32 Å². The highest BCUT2D eigenvalue weighted by molar-refractivity contribution is 6.17. The third kappa shape index (κ3) is 3.15. The van der Waals surface area contributed by atoms with Gasteiger partial charge in [0, 0.05) is 17.1 Å². The average molecular weight is 274 g/mol. The van der Waals surface area contributed by atoms with Crippen molar-refractivity contribution in [2.45, 2.75) is 19.7 Å². The number of carbonyl (C=O) groups is 1. The average Bonchev–Trinajstić information content (AvgIpc) is 2.44. The maximum absolute atomic E-state index is 12.2. The lowest BCUT2D eigenvalue weighted by molar-refractivity contribution is 0.102. The zero-order valence-electron chi connectivity index (χ0n) is 11.0. The molecule has 1 N–H and O–H groups in total. The molecular weight excluding hydrogens is 258 g/mol. The van der Waals surface area contributed by atoms with Crippen molar-refractivity contribution < 1.29 is 4.79 Å². The molecule has 0 aliphatic rings. The molecule has 2 aromatic rings. The van der Waals surface area contributed by atoms with Crippen molar-refractivity contribution in [1.82, 2.24) is 0 Å². The molecule has 0 heterocycles. The number of amides is 1. The highest BCUT2D eigenvalue weighted by Gasteiger charge is 2.08. The molecule has 3 heteroatoms. The number of anilines is 1. The van der Waals surface area contributed by atoms with Crippen molar-refractivity contribution in [3.63, 3.8) is 0 Å². The summed E-state index contributed by atoms with van der Waals surface area (Å²) in [6, 6.07) is 13.2. The zero-order chi connectivity index (χ0) is 13.8. The van der Waals surface area contributed by atoms with Gasteiger partial charge in [0.25, 0.3) is 5.91 Å². The van der Waals surface area contributed by atoms with E-state index in [9.17, 15) is 4.79 Å². The predicted molar refractivity (Wildman–Crippen MR) is 79.9 cm³/mol. The Kier molecular flexibility index (Phi) is 4.23. The Hall–Kier alpha value is -1.80. The van der Waals surface area contributed by atoms with Crippen LogP contribution in [0.5, 0.6) is 0 Å². The van der Waals surface area contributed by atoms with Crippen molar-refractivity contribution >= 4 is 23.2 Å². The molecule has 2 aromatic carbocycles. The van der Waals surface area contributed by atoms with Crippen LogP contribution in [0.3, 0.4) is 0 Å². The van der Waals surface area contributed by atoms with Crippen molar-refractivity contribution in [2.75, 3.05) is 5.32 Å². The Morgan fingerprint density at radius 3 is 2.63 bits per heavy atom. The minimum atomic E-state index is -0.110. The van der Waals surface area contributed by atoms with E-state index in [1.165, 1.54) is 0 Å². The van der Waals surface area contributed by atoms with Crippen LogP contribution >= 0.6 is 11.6 Å². The second-order valence-electron chi connectivity index (χ2n) is 4.54. The van der Waals surface area contributed by atoms with Crippen LogP contribution in [0.15, 0.2) is 42.5 Å². The third-order valence-corrected chi connectivity index (χ3v) is 3.50. The number of halogens is 1. The van der Waals surface area contributed by atoms with E-state index in [0.29, 0.717) is 11.4 Å². The predicted octanol–water partition coefficient (Wildman–Crippen LogP) is 4.29. The summed E-state index contributed by atoms with van der Waals surface area (Å²) in [7, 11) is 0. The summed E-state index contributed by atoms with van der Waals surface area (Å²) in [4.78, 5) is 12.2. The van der Waals surface area contributed by atoms with Gasteiger partial charge in [0.1, 0.15) is 0 Å². The van der Waals surface area contributed by atoms with E-state index in [1.807, 2.05) is 50.2 Å². The topological polar surface area (TPSA) is 29.1 Å². The molecule has 1 amide bonds. The van der Waals surface area contributed by atoms with Crippen LogP contribution in [-0.4, -0.2) is 5.91 Å². The van der Waals surface area contributed by atoms with Crippen LogP contribution in [0, 0.1) is 13.8 Å². The Labute approximate surface area is 118 Å². The molecule has 0 radical (unpaired) electrons. The Balaban J connectivity index is 2.23. The fourth-order valence-electron chi connectivity index (χ4n) is 1.88. The number of hydrogen-bond donors (Lipinski definition) is 1. The summed E-state index contributed by atoms with van der Waals surface area (Å²) in [5.74, 6) is 0.297. The Morgan fingerprint density at radius 2 is 1.89 bits per heavy atom. The normalized spacial score (nSPS) is 10.3. The first-order valence-corrected chi connectivity index (χ1v) is 6.67. The molecular formula is C16H16ClNO. The zero-order valence-corrected chi connectivity index (χ0v) is 11.8. The highest BCUT2D eigenvalue weighted by Crippen LogP contribution is 2.19. The van der Waals surface area contributed by atoms with Gasteiger partial charge >= 0.3 is 0 Å². The Morgan fingerprint density at radius 1 is 1.16 bits per heavy atom. The van der Waals surface area contributed by atoms with Gasteiger partial charge in [-0.25, -0.2) is 0 Å². The molecule has 0 atom stereocenters. The molecule has 0 saturated carbocycles. The summed E-state index contributed by atoms with van der Waals surface area (Å²) < 4.78 is 0. The molecule has 0 bridgehead atoms. The fourth-order valence-corrected chi connectivity index (χ4v) is 2.04. The largest absolute Gasteiger partial charge is 0.322 e. The van der Waals surface area contributed by atoms with Crippen LogP contribution in [0.2, 0.25) is 0 Å². The summed E-state index contributed by atoms with van der Waals surface area (Å²) in [5.41, 5.74) is 4.66. The molecule has 0 aromatic heterocycles. The van der Waals surface area contributed by atoms with Crippen LogP contribution in [0.25, 0.3) is 0 Å². The van der Waals surface area contributed by atoms with Gasteiger partial charge < -0.3 is 5.32 Å². The summed E-state index contributed by atoms with van der Waals surface area (Å²) >= 11 is 5.78. The molecule has 0 saturated heterocycles. The van der Waals surface area contributed by atoms with Crippen LogP contribution in [0.1, 0.15) is 27.0 Å². The molecule has 2 nitrogen and oxygen atoms in total. The van der Waals surface area contributed by atoms with Crippen LogP contribution in [-0.2, 0) is 5.88 Å². The van der Waals surface area contributed by atoms with Crippen molar-refractivity contribution in [3.8, 4) is 0 Å². The van der Waals surface area contributed by atoms with Gasteiger partial charge in [-0.2, -0.15) is 0 Å². The smallest absolute Gasteiger partial charge is 0.255 e. The lowest BCUT2D eigenvalue weighted by atomic mass is 10.1. The van der Waals surface area contributed by atoms with Crippen molar-refractivity contribution in [1.29, 1.82) is 0 Å². The number of aryl methyl sites for hydroxylation is 1. The van der Waals surface area contributed by atoms with E-state index in [2.05, 4.69) is 5.32 Å². The summed E-state index contributed by atoms with van der Waals surface area (Å²) in [6.45, 7) is 4.03. The van der Waals surface area contributed by atoms with Gasteiger partial charge in [-0.15, -0.1) is 11.6 Å². The molecule has 2 rings (SSSR count). The lowest BCUT2D eigenvalue weighted by Crippen LogP contribution is -2.13. The van der Waals surface area contributed by atoms with Gasteiger partial charge in [0.2, 0.25) is 0 Å². The lowest BCUT2D eigenvalue weighted by Gasteiger charge is -2.10. The first-order chi connectivity index (χ1) is 9.11. The van der Waals surface area contributed by atoms with E-state index in [4.69, 9.17) is 11.6 Å². The number of hydrogen-bond acceptors (Lipinski definition) is 1. The standard InChI is InChI=1S/C16H16ClNO/c1-11-5-3-8-15(12(11)2)18-16(19)14-7-4-6-13(9-14)10-17/h3-9H,10H2,1-2H3,(H,18,19). The van der Waals surface area contributed by atoms with E-state index in [1.54, 1.807) is 6.07 Å². The molecule has 0 aliphatic heterocycles. The summed E-state index contributed by atoms with van der Waals surface area (Å²) in [6.07, 6.45) is 0. The maximum Gasteiger partial charge on any atom is 0.255 e. The number of rotatable bonds is 3. The molecule has 0 aliphatic carbocycles. The third-order valence-electron chi connectivity index (χ3n) is 3.20. The second-order valence-corrected chi connectivity index (χ2v) is 4.80. The molecule has 98 valence electrons. The fraction of sp³-hybridized carbons (Fsp3) is 0.188. The number of alkyl halides is 1. The molecule has 0 unspecified atom stereocenters. The van der Waals surface area contributed by atoms with E-state index >= 15 is 0 Å². The highest BCUT2D eigenvalue weighted by atomic mass is 35.5. The van der Waals surface area contributed by atoms with Gasteiger partial charge in [0.15, 0.2) is 0 Å². The number of benzene rings is 2. The minimum Gasteiger partial charge on any atom is -0.322 e. The molecule has 0 spiro atoms. The van der Waals surface area contributed by atoms with Crippen LogP contribution in [0.4, 0.5) is 5.69 Å². The minimum absolute atomic E-state index is 0.110. The van der Waals surface area contributed by atoms with Gasteiger partial charge in [0.05, 0.1) is 0 Å². The SMILES string of the molecule is Cc1cccc(NC(=O)c2cccc(CCl)c2)c1C. The maximum atomic E-state index is 12.2. The van der Waals surface area contributed by atoms with E-state index in [0.717, 1.165) is 22.4 Å². The first-order valence-electron chi connectivity index (χ1n) is 6.14. The van der Waals surface area contributed by atoms with E-state index < -0.39 is 0 Å². The monoisotopic (exact) mass is 273 g/mol. The molecule has 0 fully saturated rings. The second kappa shape index (κ2) is 5.89. The van der Waals surface area contributed by atoms with Crippen molar-refractivity contribution in [2.24, 2.45) is 0 Å². The van der Waals surface area contributed by atoms with Gasteiger partial charge in [-0.05, 0) is 48.7 Å². The van der Waals surface area contributed by atoms with Gasteiger partial charge in [-0.1, -0.05) is 24.3 Å². The number of carbonyl (C=O) groups excluding carboxylic acids is 1. The van der Waals surface area contributed by atoms with E-state index in [-0.39, 0.29) is 5.91 Å². The Bertz CT molecular complexity index is 607. The number of nitrogens with one attached hydrogen (secondary N) is 1. The summed E-state index contributed by atoms with van der Waals surface area (Å²) in [5, 5.41) is 2.94. The quantitative estimate of drug-likeness (QED) is 0.830. The first kappa shape index (κ1) is 13.6. The molecule has 19 heavy (non-hydrogen) atoms.